The monoisotopic (exact) mass is 469 g/mol. The molecule has 8 heteroatoms. The van der Waals surface area contributed by atoms with Crippen molar-refractivity contribution in [3.63, 3.8) is 0 Å². The number of benzene rings is 3. The molecule has 0 amide bonds. The molecule has 0 atom stereocenters. The highest BCUT2D eigenvalue weighted by Crippen LogP contribution is 2.38. The summed E-state index contributed by atoms with van der Waals surface area (Å²) in [5, 5.41) is 14.6. The number of nitrogens with zero attached hydrogens (tertiary/aromatic N) is 2. The molecule has 3 heterocycles. The average Bonchev–Trinajstić information content (AvgIpc) is 3.46. The number of nitrogens with one attached hydrogen (secondary N) is 1. The molecular formula is C26H19N3O4S. The summed E-state index contributed by atoms with van der Waals surface area (Å²) in [6.45, 7) is 0.804. The first-order chi connectivity index (χ1) is 16.6. The van der Waals surface area contributed by atoms with E-state index in [4.69, 9.17) is 24.5 Å². The number of anilines is 1. The van der Waals surface area contributed by atoms with Crippen molar-refractivity contribution in [3.8, 4) is 22.9 Å². The molecule has 6 rings (SSSR count). The number of ether oxygens (including phenoxy) is 2. The highest BCUT2D eigenvalue weighted by Gasteiger charge is 2.17. The first-order valence-corrected chi connectivity index (χ1v) is 11.6. The second-order valence-corrected chi connectivity index (χ2v) is 9.01. The van der Waals surface area contributed by atoms with Crippen molar-refractivity contribution in [3.05, 3.63) is 77.9 Å². The van der Waals surface area contributed by atoms with Gasteiger partial charge in [0.1, 0.15) is 10.6 Å². The zero-order valence-electron chi connectivity index (χ0n) is 17.9. The van der Waals surface area contributed by atoms with E-state index in [0.717, 1.165) is 54.3 Å². The minimum absolute atomic E-state index is 0.0151. The number of rotatable bonds is 6. The topological polar surface area (TPSA) is 93.6 Å². The molecule has 1 aliphatic rings. The minimum atomic E-state index is -0.856. The average molecular weight is 470 g/mol. The fourth-order valence-electron chi connectivity index (χ4n) is 4.06. The van der Waals surface area contributed by atoms with Crippen molar-refractivity contribution >= 4 is 43.4 Å². The van der Waals surface area contributed by atoms with Crippen LogP contribution in [0.4, 0.5) is 5.82 Å². The third kappa shape index (κ3) is 3.78. The van der Waals surface area contributed by atoms with Gasteiger partial charge in [0.05, 0.1) is 11.8 Å². The first-order valence-electron chi connectivity index (χ1n) is 10.8. The largest absolute Gasteiger partial charge is 0.481 e. The molecule has 7 nitrogen and oxygen atoms in total. The molecule has 168 valence electrons. The van der Waals surface area contributed by atoms with E-state index in [1.54, 1.807) is 11.3 Å². The van der Waals surface area contributed by atoms with E-state index in [-0.39, 0.29) is 13.2 Å². The Hall–Kier alpha value is -4.17. The van der Waals surface area contributed by atoms with Gasteiger partial charge < -0.3 is 19.9 Å². The number of aliphatic carboxylic acids is 1. The van der Waals surface area contributed by atoms with E-state index in [9.17, 15) is 4.79 Å². The maximum Gasteiger partial charge on any atom is 0.307 e. The van der Waals surface area contributed by atoms with Gasteiger partial charge in [0.2, 0.25) is 6.79 Å². The predicted octanol–water partition coefficient (Wildman–Crippen LogP) is 5.48. The third-order valence-corrected chi connectivity index (χ3v) is 6.77. The lowest BCUT2D eigenvalue weighted by atomic mass is 10.1. The summed E-state index contributed by atoms with van der Waals surface area (Å²) in [7, 11) is 0. The maximum absolute atomic E-state index is 11.0. The van der Waals surface area contributed by atoms with E-state index < -0.39 is 5.97 Å². The summed E-state index contributed by atoms with van der Waals surface area (Å²) < 4.78 is 12.1. The second-order valence-electron chi connectivity index (χ2n) is 7.98. The highest BCUT2D eigenvalue weighted by atomic mass is 32.1. The molecule has 0 saturated heterocycles. The number of carboxylic acids is 1. The summed E-state index contributed by atoms with van der Waals surface area (Å²) in [5.41, 5.74) is 2.62. The van der Waals surface area contributed by atoms with Crippen LogP contribution in [0.3, 0.4) is 0 Å². The van der Waals surface area contributed by atoms with Crippen molar-refractivity contribution < 1.29 is 19.4 Å². The van der Waals surface area contributed by atoms with Gasteiger partial charge in [-0.2, -0.15) is 0 Å². The van der Waals surface area contributed by atoms with Gasteiger partial charge in [0.25, 0.3) is 0 Å². The van der Waals surface area contributed by atoms with Crippen LogP contribution in [-0.2, 0) is 17.8 Å². The van der Waals surface area contributed by atoms with Gasteiger partial charge in [0, 0.05) is 22.2 Å². The highest BCUT2D eigenvalue weighted by molar-refractivity contribution is 7.25. The van der Waals surface area contributed by atoms with Crippen LogP contribution < -0.4 is 14.8 Å². The minimum Gasteiger partial charge on any atom is -0.481 e. The Morgan fingerprint density at radius 1 is 0.971 bits per heavy atom. The zero-order chi connectivity index (χ0) is 23.1. The Balaban J connectivity index is 1.40. The van der Waals surface area contributed by atoms with Crippen molar-refractivity contribution in [1.29, 1.82) is 0 Å². The summed E-state index contributed by atoms with van der Waals surface area (Å²) in [4.78, 5) is 21.6. The number of hydrogen-bond acceptors (Lipinski definition) is 7. The first kappa shape index (κ1) is 20.4. The predicted molar refractivity (Wildman–Crippen MR) is 132 cm³/mol. The van der Waals surface area contributed by atoms with Gasteiger partial charge in [-0.1, -0.05) is 48.5 Å². The number of carbonyl (C=O) groups is 1. The van der Waals surface area contributed by atoms with Crippen LogP contribution in [0.1, 0.15) is 11.1 Å². The second kappa shape index (κ2) is 8.31. The van der Waals surface area contributed by atoms with Crippen LogP contribution in [0.25, 0.3) is 31.7 Å². The van der Waals surface area contributed by atoms with Gasteiger partial charge in [-0.25, -0.2) is 9.97 Å². The van der Waals surface area contributed by atoms with Gasteiger partial charge in [-0.15, -0.1) is 11.3 Å². The molecule has 0 unspecified atom stereocenters. The molecule has 0 fully saturated rings. The zero-order valence-corrected chi connectivity index (χ0v) is 18.8. The molecule has 0 bridgehead atoms. The van der Waals surface area contributed by atoms with Gasteiger partial charge in [-0.05, 0) is 29.3 Å². The standard InChI is InChI=1S/C26H19N3O4S/c30-22(31)12-15-5-8-17(9-6-15)24-28-25(23-18-3-1-2-4-21(18)34-26(23)29-24)27-13-16-7-10-19-20(11-16)33-14-32-19/h1-11H,12-14H2,(H,30,31)(H,27,28,29). The van der Waals surface area contributed by atoms with Gasteiger partial charge >= 0.3 is 5.97 Å². The molecule has 0 aliphatic carbocycles. The van der Waals surface area contributed by atoms with Gasteiger partial charge in [0.15, 0.2) is 17.3 Å². The lowest BCUT2D eigenvalue weighted by Crippen LogP contribution is -2.04. The van der Waals surface area contributed by atoms with Crippen molar-refractivity contribution in [2.24, 2.45) is 0 Å². The smallest absolute Gasteiger partial charge is 0.307 e. The lowest BCUT2D eigenvalue weighted by molar-refractivity contribution is -0.136. The summed E-state index contributed by atoms with van der Waals surface area (Å²) in [5.74, 6) is 1.99. The summed E-state index contributed by atoms with van der Waals surface area (Å²) >= 11 is 1.63. The normalized spacial score (nSPS) is 12.4. The molecule has 5 aromatic rings. The Kier molecular flexibility index (Phi) is 5.00. The molecule has 0 saturated carbocycles. The Labute approximate surface area is 198 Å². The molecule has 34 heavy (non-hydrogen) atoms. The third-order valence-electron chi connectivity index (χ3n) is 5.70. The van der Waals surface area contributed by atoms with Crippen LogP contribution in [0.2, 0.25) is 0 Å². The number of aromatic nitrogens is 2. The lowest BCUT2D eigenvalue weighted by Gasteiger charge is -2.10. The van der Waals surface area contributed by atoms with E-state index in [1.165, 1.54) is 0 Å². The van der Waals surface area contributed by atoms with E-state index in [1.807, 2.05) is 54.6 Å². The van der Waals surface area contributed by atoms with Crippen molar-refractivity contribution in [1.82, 2.24) is 9.97 Å². The summed E-state index contributed by atoms with van der Waals surface area (Å²) in [6, 6.07) is 21.5. The van der Waals surface area contributed by atoms with Crippen molar-refractivity contribution in [2.75, 3.05) is 12.1 Å². The van der Waals surface area contributed by atoms with Gasteiger partial charge in [-0.3, -0.25) is 4.79 Å². The van der Waals surface area contributed by atoms with E-state index in [2.05, 4.69) is 17.4 Å². The van der Waals surface area contributed by atoms with Crippen LogP contribution in [0, 0.1) is 0 Å². The fourth-order valence-corrected chi connectivity index (χ4v) is 5.14. The quantitative estimate of drug-likeness (QED) is 0.340. The van der Waals surface area contributed by atoms with E-state index in [0.29, 0.717) is 12.4 Å². The number of thiophene rings is 1. The van der Waals surface area contributed by atoms with Crippen LogP contribution in [0.5, 0.6) is 11.5 Å². The fraction of sp³-hybridized carbons (Fsp3) is 0.115. The molecule has 0 radical (unpaired) electrons. The molecular weight excluding hydrogens is 450 g/mol. The number of carboxylic acid groups (broad SMARTS) is 1. The maximum atomic E-state index is 11.0. The van der Waals surface area contributed by atoms with Crippen molar-refractivity contribution in [2.45, 2.75) is 13.0 Å². The molecule has 1 aliphatic heterocycles. The Morgan fingerprint density at radius 3 is 2.62 bits per heavy atom. The number of fused-ring (bicyclic) bond motifs is 4. The molecule has 0 spiro atoms. The SMILES string of the molecule is O=C(O)Cc1ccc(-c2nc(NCc3ccc4c(c3)OCO4)c3c(n2)sc2ccccc23)cc1. The molecule has 3 aromatic carbocycles. The van der Waals surface area contributed by atoms with E-state index >= 15 is 0 Å². The number of hydrogen-bond donors (Lipinski definition) is 2. The summed E-state index contributed by atoms with van der Waals surface area (Å²) in [6.07, 6.45) is -0.0151. The molecule has 2 N–H and O–H groups in total. The van der Waals surface area contributed by atoms with Crippen LogP contribution in [0.15, 0.2) is 66.7 Å². The Morgan fingerprint density at radius 2 is 1.76 bits per heavy atom. The molecule has 2 aromatic heterocycles. The van der Waals surface area contributed by atoms with Crippen LogP contribution in [-0.4, -0.2) is 27.8 Å². The Bertz CT molecular complexity index is 1550. The van der Waals surface area contributed by atoms with Crippen LogP contribution >= 0.6 is 11.3 Å².